The van der Waals surface area contributed by atoms with Crippen molar-refractivity contribution in [3.05, 3.63) is 23.7 Å². The maximum Gasteiger partial charge on any atom is 0.586 e. The van der Waals surface area contributed by atoms with Crippen LogP contribution in [0.2, 0.25) is 0 Å². The third kappa shape index (κ3) is 0.913. The third-order valence-electron chi connectivity index (χ3n) is 2.91. The van der Waals surface area contributed by atoms with E-state index in [0.29, 0.717) is 17.8 Å². The summed E-state index contributed by atoms with van der Waals surface area (Å²) in [5, 5.41) is 0. The van der Waals surface area contributed by atoms with Gasteiger partial charge in [-0.15, -0.1) is 8.78 Å². The first kappa shape index (κ1) is 7.35. The van der Waals surface area contributed by atoms with Crippen LogP contribution in [0.3, 0.4) is 0 Å². The van der Waals surface area contributed by atoms with Crippen molar-refractivity contribution in [2.45, 2.75) is 13.2 Å². The summed E-state index contributed by atoms with van der Waals surface area (Å²) in [7, 11) is 0. The van der Waals surface area contributed by atoms with Crippen LogP contribution in [-0.2, 0) is 9.47 Å². The van der Waals surface area contributed by atoms with Gasteiger partial charge in [0.15, 0.2) is 11.5 Å². The molecule has 0 bridgehead atoms. The van der Waals surface area contributed by atoms with Crippen LogP contribution in [0.4, 0.5) is 8.78 Å². The molecule has 70 valence electrons. The molecule has 1 heterocycles. The fraction of sp³-hybridized carbons (Fsp3) is 0.556. The highest BCUT2D eigenvalue weighted by molar-refractivity contribution is 5.35. The van der Waals surface area contributed by atoms with Gasteiger partial charge in [-0.05, 0) is 29.9 Å². The molecular weight excluding hydrogens is 178 g/mol. The summed E-state index contributed by atoms with van der Waals surface area (Å²) in [5.74, 6) is 1.69. The van der Waals surface area contributed by atoms with Crippen molar-refractivity contribution in [2.24, 2.45) is 17.8 Å². The van der Waals surface area contributed by atoms with E-state index in [1.807, 2.05) is 0 Å². The summed E-state index contributed by atoms with van der Waals surface area (Å²) in [6, 6.07) is 0. The Morgan fingerprint density at radius 3 is 2.08 bits per heavy atom. The van der Waals surface area contributed by atoms with Crippen molar-refractivity contribution in [1.29, 1.82) is 0 Å². The summed E-state index contributed by atoms with van der Waals surface area (Å²) in [5.41, 5.74) is 0. The summed E-state index contributed by atoms with van der Waals surface area (Å²) < 4.78 is 33.8. The van der Waals surface area contributed by atoms with Crippen molar-refractivity contribution < 1.29 is 18.3 Å². The quantitative estimate of drug-likeness (QED) is 0.577. The molecule has 2 aliphatic carbocycles. The van der Waals surface area contributed by atoms with Crippen molar-refractivity contribution in [2.75, 3.05) is 0 Å². The molecule has 3 aliphatic rings. The molecule has 1 saturated carbocycles. The molecule has 2 atom stereocenters. The molecule has 0 N–H and O–H groups in total. The number of alkyl halides is 2. The highest BCUT2D eigenvalue weighted by Crippen LogP contribution is 2.55. The molecule has 2 unspecified atom stereocenters. The van der Waals surface area contributed by atoms with Crippen LogP contribution < -0.4 is 0 Å². The van der Waals surface area contributed by atoms with Gasteiger partial charge in [0.2, 0.25) is 0 Å². The maximum absolute atomic E-state index is 12.6. The molecule has 0 spiro atoms. The van der Waals surface area contributed by atoms with Crippen LogP contribution in [0, 0.1) is 17.8 Å². The zero-order valence-corrected chi connectivity index (χ0v) is 6.96. The van der Waals surface area contributed by atoms with Crippen LogP contribution in [-0.4, -0.2) is 6.29 Å². The summed E-state index contributed by atoms with van der Waals surface area (Å²) >= 11 is 0. The van der Waals surface area contributed by atoms with E-state index >= 15 is 0 Å². The molecule has 1 aliphatic heterocycles. The van der Waals surface area contributed by atoms with Gasteiger partial charge in [0, 0.05) is 0 Å². The zero-order chi connectivity index (χ0) is 9.22. The zero-order valence-electron chi connectivity index (χ0n) is 6.96. The van der Waals surface area contributed by atoms with Crippen LogP contribution in [0.5, 0.6) is 0 Å². The van der Waals surface area contributed by atoms with Crippen molar-refractivity contribution >= 4 is 0 Å². The molecule has 1 saturated heterocycles. The summed E-state index contributed by atoms with van der Waals surface area (Å²) in [6.45, 7) is 2.09. The van der Waals surface area contributed by atoms with E-state index in [9.17, 15) is 8.78 Å². The molecule has 0 aromatic heterocycles. The Morgan fingerprint density at radius 1 is 1.15 bits per heavy atom. The predicted molar refractivity (Wildman–Crippen MR) is 39.4 cm³/mol. The highest BCUT2D eigenvalue weighted by atomic mass is 19.3. The Labute approximate surface area is 73.8 Å². The second kappa shape index (κ2) is 1.89. The molecule has 0 radical (unpaired) electrons. The molecule has 2 fully saturated rings. The van der Waals surface area contributed by atoms with Gasteiger partial charge in [-0.25, -0.2) is 0 Å². The minimum absolute atomic E-state index is 0.204. The van der Waals surface area contributed by atoms with E-state index < -0.39 is 6.29 Å². The number of allylic oxidation sites excluding steroid dienone is 2. The lowest BCUT2D eigenvalue weighted by atomic mass is 10.1. The van der Waals surface area contributed by atoms with Crippen LogP contribution in [0.25, 0.3) is 0 Å². The lowest BCUT2D eigenvalue weighted by molar-refractivity contribution is -0.326. The van der Waals surface area contributed by atoms with E-state index in [0.717, 1.165) is 0 Å². The van der Waals surface area contributed by atoms with Crippen LogP contribution >= 0.6 is 0 Å². The first-order chi connectivity index (χ1) is 6.07. The first-order valence-electron chi connectivity index (χ1n) is 4.27. The molecule has 2 nitrogen and oxygen atoms in total. The maximum atomic E-state index is 12.6. The topological polar surface area (TPSA) is 18.5 Å². The van der Waals surface area contributed by atoms with E-state index in [1.54, 1.807) is 12.2 Å². The average Bonchev–Trinajstić information content (AvgIpc) is 2.55. The fourth-order valence-electron chi connectivity index (χ4n) is 2.01. The Morgan fingerprint density at radius 2 is 1.62 bits per heavy atom. The largest absolute Gasteiger partial charge is 0.586 e. The van der Waals surface area contributed by atoms with E-state index in [1.165, 1.54) is 0 Å². The molecule has 0 aromatic rings. The number of hydrogen-bond acceptors (Lipinski definition) is 2. The molecule has 0 aromatic carbocycles. The van der Waals surface area contributed by atoms with Gasteiger partial charge in [0.05, 0.1) is 0 Å². The number of ether oxygens (including phenoxy) is 2. The van der Waals surface area contributed by atoms with E-state index in [2.05, 4.69) is 16.4 Å². The first-order valence-corrected chi connectivity index (χ1v) is 4.27. The standard InChI is InChI=1S/C9H8F2O2/c1-4-5-2-7-8(3-6(4)5)13-9(10,11)12-7/h2-6H,1H3. The normalized spacial score (nSPS) is 43.5. The Bertz CT molecular complexity index is 303. The minimum atomic E-state index is -3.46. The Kier molecular flexibility index (Phi) is 1.07. The molecule has 0 amide bonds. The number of halogens is 2. The number of fused-ring (bicyclic) bond motifs is 2. The summed E-state index contributed by atoms with van der Waals surface area (Å²) in [6.07, 6.45) is 0.0227. The summed E-state index contributed by atoms with van der Waals surface area (Å²) in [4.78, 5) is 0. The van der Waals surface area contributed by atoms with Gasteiger partial charge >= 0.3 is 6.29 Å². The smallest absolute Gasteiger partial charge is 0.396 e. The van der Waals surface area contributed by atoms with Gasteiger partial charge in [-0.1, -0.05) is 6.92 Å². The number of rotatable bonds is 0. The third-order valence-corrected chi connectivity index (χ3v) is 2.91. The van der Waals surface area contributed by atoms with Gasteiger partial charge in [-0.2, -0.15) is 0 Å². The van der Waals surface area contributed by atoms with Crippen molar-refractivity contribution in [3.8, 4) is 0 Å². The molecule has 13 heavy (non-hydrogen) atoms. The van der Waals surface area contributed by atoms with E-state index in [4.69, 9.17) is 0 Å². The second-order valence-electron chi connectivity index (χ2n) is 3.74. The van der Waals surface area contributed by atoms with E-state index in [-0.39, 0.29) is 11.5 Å². The fourth-order valence-corrected chi connectivity index (χ4v) is 2.01. The number of hydrogen-bond donors (Lipinski definition) is 0. The highest BCUT2D eigenvalue weighted by Gasteiger charge is 2.53. The van der Waals surface area contributed by atoms with Gasteiger partial charge in [-0.3, -0.25) is 0 Å². The lowest BCUT2D eigenvalue weighted by Crippen LogP contribution is -2.14. The Hall–Kier alpha value is -1.06. The van der Waals surface area contributed by atoms with Gasteiger partial charge in [0.25, 0.3) is 0 Å². The minimum Gasteiger partial charge on any atom is -0.396 e. The molecule has 3 rings (SSSR count). The van der Waals surface area contributed by atoms with Crippen LogP contribution in [0.15, 0.2) is 23.7 Å². The van der Waals surface area contributed by atoms with Crippen molar-refractivity contribution in [3.63, 3.8) is 0 Å². The van der Waals surface area contributed by atoms with Crippen LogP contribution in [0.1, 0.15) is 6.92 Å². The SMILES string of the molecule is CC1C2C=C3OC(F)(F)OC3=CC12. The van der Waals surface area contributed by atoms with Gasteiger partial charge in [0.1, 0.15) is 0 Å². The van der Waals surface area contributed by atoms with Crippen molar-refractivity contribution in [1.82, 2.24) is 0 Å². The predicted octanol–water partition coefficient (Wildman–Crippen LogP) is 2.25. The molecule has 4 heteroatoms. The molecular formula is C9H8F2O2. The lowest BCUT2D eigenvalue weighted by Gasteiger charge is -2.03. The average molecular weight is 186 g/mol. The van der Waals surface area contributed by atoms with Gasteiger partial charge < -0.3 is 9.47 Å². The second-order valence-corrected chi connectivity index (χ2v) is 3.74. The Balaban J connectivity index is 1.95. The monoisotopic (exact) mass is 186 g/mol.